The number of hydrogen-bond donors (Lipinski definition) is 1. The number of rotatable bonds is 1. The maximum atomic E-state index is 12.5. The third-order valence-electron chi connectivity index (χ3n) is 5.98. The Morgan fingerprint density at radius 3 is 2.05 bits per heavy atom. The Morgan fingerprint density at radius 1 is 1.05 bits per heavy atom. The SMILES string of the molecule is CC1(C)C(O)CC1N1C(=O)CC2(CCCCC2)CC1=O. The van der Waals surface area contributed by atoms with Gasteiger partial charge in [-0.25, -0.2) is 0 Å². The first kappa shape index (κ1) is 14.1. The molecule has 1 heterocycles. The van der Waals surface area contributed by atoms with Crippen molar-refractivity contribution in [2.75, 3.05) is 0 Å². The van der Waals surface area contributed by atoms with Crippen LogP contribution >= 0.6 is 0 Å². The molecule has 0 aromatic heterocycles. The van der Waals surface area contributed by atoms with Gasteiger partial charge in [0.2, 0.25) is 11.8 Å². The van der Waals surface area contributed by atoms with Gasteiger partial charge in [-0.1, -0.05) is 33.1 Å². The molecular weight excluding hydrogens is 254 g/mol. The van der Waals surface area contributed by atoms with Crippen LogP contribution in [0.5, 0.6) is 0 Å². The van der Waals surface area contributed by atoms with Crippen LogP contribution in [0.15, 0.2) is 0 Å². The lowest BCUT2D eigenvalue weighted by molar-refractivity contribution is -0.177. The molecule has 0 aromatic carbocycles. The van der Waals surface area contributed by atoms with E-state index < -0.39 is 6.10 Å². The minimum absolute atomic E-state index is 0.00637. The van der Waals surface area contributed by atoms with Gasteiger partial charge in [-0.05, 0) is 24.7 Å². The molecule has 0 radical (unpaired) electrons. The van der Waals surface area contributed by atoms with E-state index in [1.807, 2.05) is 13.8 Å². The summed E-state index contributed by atoms with van der Waals surface area (Å²) >= 11 is 0. The van der Waals surface area contributed by atoms with Crippen molar-refractivity contribution in [2.24, 2.45) is 10.8 Å². The van der Waals surface area contributed by atoms with Crippen LogP contribution in [0.3, 0.4) is 0 Å². The van der Waals surface area contributed by atoms with Crippen molar-refractivity contribution >= 4 is 11.8 Å². The van der Waals surface area contributed by atoms with E-state index in [4.69, 9.17) is 0 Å². The minimum Gasteiger partial charge on any atom is -0.392 e. The highest BCUT2D eigenvalue weighted by Crippen LogP contribution is 2.50. The van der Waals surface area contributed by atoms with Gasteiger partial charge in [-0.3, -0.25) is 14.5 Å². The molecule has 2 saturated carbocycles. The zero-order valence-electron chi connectivity index (χ0n) is 12.5. The summed E-state index contributed by atoms with van der Waals surface area (Å²) < 4.78 is 0. The maximum Gasteiger partial charge on any atom is 0.230 e. The van der Waals surface area contributed by atoms with Gasteiger partial charge >= 0.3 is 0 Å². The summed E-state index contributed by atoms with van der Waals surface area (Å²) in [6.45, 7) is 3.88. The predicted octanol–water partition coefficient (Wildman–Crippen LogP) is 2.25. The quantitative estimate of drug-likeness (QED) is 0.749. The second-order valence-corrected chi connectivity index (χ2v) is 7.66. The maximum absolute atomic E-state index is 12.5. The molecule has 20 heavy (non-hydrogen) atoms. The average molecular weight is 279 g/mol. The van der Waals surface area contributed by atoms with Gasteiger partial charge in [0.25, 0.3) is 0 Å². The van der Waals surface area contributed by atoms with Gasteiger partial charge in [-0.2, -0.15) is 0 Å². The lowest BCUT2D eigenvalue weighted by atomic mass is 9.62. The first-order chi connectivity index (χ1) is 9.36. The number of nitrogens with zero attached hydrogens (tertiary/aromatic N) is 1. The van der Waals surface area contributed by atoms with Crippen molar-refractivity contribution in [2.45, 2.75) is 77.4 Å². The van der Waals surface area contributed by atoms with Gasteiger partial charge in [0.05, 0.1) is 6.10 Å². The summed E-state index contributed by atoms with van der Waals surface area (Å²) in [6, 6.07) is -0.113. The number of carbonyl (C=O) groups is 2. The highest BCUT2D eigenvalue weighted by Gasteiger charge is 2.56. The molecule has 112 valence electrons. The predicted molar refractivity (Wildman–Crippen MR) is 74.8 cm³/mol. The molecule has 4 heteroatoms. The monoisotopic (exact) mass is 279 g/mol. The molecule has 1 N–H and O–H groups in total. The Hall–Kier alpha value is -0.900. The van der Waals surface area contributed by atoms with Crippen LogP contribution in [-0.2, 0) is 9.59 Å². The topological polar surface area (TPSA) is 57.6 Å². The second-order valence-electron chi connectivity index (χ2n) is 7.66. The highest BCUT2D eigenvalue weighted by molar-refractivity contribution is 5.99. The van der Waals surface area contributed by atoms with E-state index in [1.165, 1.54) is 11.3 Å². The van der Waals surface area contributed by atoms with E-state index in [1.54, 1.807) is 0 Å². The Kier molecular flexibility index (Phi) is 3.20. The summed E-state index contributed by atoms with van der Waals surface area (Å²) in [7, 11) is 0. The van der Waals surface area contributed by atoms with Gasteiger partial charge in [0, 0.05) is 24.3 Å². The number of piperidine rings is 1. The van der Waals surface area contributed by atoms with Crippen LogP contribution in [0.25, 0.3) is 0 Å². The molecule has 1 aliphatic heterocycles. The normalized spacial score (nSPS) is 36.0. The van der Waals surface area contributed by atoms with Crippen molar-refractivity contribution in [1.82, 2.24) is 4.90 Å². The summed E-state index contributed by atoms with van der Waals surface area (Å²) in [4.78, 5) is 26.5. The summed E-state index contributed by atoms with van der Waals surface area (Å²) in [6.07, 6.45) is 6.77. The number of amides is 2. The molecule has 0 bridgehead atoms. The Labute approximate surface area is 120 Å². The molecule has 3 aliphatic rings. The standard InChI is InChI=1S/C16H25NO3/c1-15(2)11(8-12(15)18)17-13(19)9-16(10-14(17)20)6-4-3-5-7-16/h11-12,18H,3-10H2,1-2H3. The smallest absolute Gasteiger partial charge is 0.230 e. The van der Waals surface area contributed by atoms with Gasteiger partial charge in [-0.15, -0.1) is 0 Å². The number of likely N-dealkylation sites (tertiary alicyclic amines) is 1. The van der Waals surface area contributed by atoms with Crippen LogP contribution in [0.2, 0.25) is 0 Å². The van der Waals surface area contributed by atoms with E-state index in [9.17, 15) is 14.7 Å². The number of imide groups is 1. The van der Waals surface area contributed by atoms with Crippen LogP contribution < -0.4 is 0 Å². The van der Waals surface area contributed by atoms with E-state index >= 15 is 0 Å². The number of aliphatic hydroxyl groups excluding tert-OH is 1. The molecule has 0 aromatic rings. The first-order valence-electron chi connectivity index (χ1n) is 7.89. The second kappa shape index (κ2) is 4.55. The molecule has 2 amide bonds. The third kappa shape index (κ3) is 2.00. The molecule has 3 rings (SSSR count). The lowest BCUT2D eigenvalue weighted by Gasteiger charge is -2.55. The van der Waals surface area contributed by atoms with Crippen LogP contribution in [0.1, 0.15) is 65.2 Å². The van der Waals surface area contributed by atoms with Crippen LogP contribution in [0.4, 0.5) is 0 Å². The molecule has 2 aliphatic carbocycles. The summed E-state index contributed by atoms with van der Waals surface area (Å²) in [5, 5.41) is 9.84. The highest BCUT2D eigenvalue weighted by atomic mass is 16.3. The molecule has 2 atom stereocenters. The fourth-order valence-electron chi connectivity index (χ4n) is 4.34. The fourth-order valence-corrected chi connectivity index (χ4v) is 4.34. The molecule has 1 spiro atoms. The third-order valence-corrected chi connectivity index (χ3v) is 5.98. The van der Waals surface area contributed by atoms with E-state index in [0.29, 0.717) is 19.3 Å². The molecule has 3 fully saturated rings. The lowest BCUT2D eigenvalue weighted by Crippen LogP contribution is -2.66. The molecule has 1 saturated heterocycles. The zero-order chi connectivity index (χ0) is 14.5. The van der Waals surface area contributed by atoms with Crippen molar-refractivity contribution in [3.63, 3.8) is 0 Å². The van der Waals surface area contributed by atoms with Crippen molar-refractivity contribution in [1.29, 1.82) is 0 Å². The summed E-state index contributed by atoms with van der Waals surface area (Å²) in [5.41, 5.74) is -0.405. The van der Waals surface area contributed by atoms with Crippen molar-refractivity contribution in [3.8, 4) is 0 Å². The van der Waals surface area contributed by atoms with Gasteiger partial charge in [0.15, 0.2) is 0 Å². The van der Waals surface area contributed by atoms with E-state index in [-0.39, 0.29) is 28.7 Å². The number of aliphatic hydroxyl groups is 1. The molecule has 4 nitrogen and oxygen atoms in total. The van der Waals surface area contributed by atoms with Gasteiger partial charge < -0.3 is 5.11 Å². The number of hydrogen-bond acceptors (Lipinski definition) is 3. The first-order valence-corrected chi connectivity index (χ1v) is 7.89. The van der Waals surface area contributed by atoms with E-state index in [0.717, 1.165) is 25.7 Å². The van der Waals surface area contributed by atoms with Crippen LogP contribution in [0, 0.1) is 10.8 Å². The average Bonchev–Trinajstić information content (AvgIpc) is 2.38. The fraction of sp³-hybridized carbons (Fsp3) is 0.875. The largest absolute Gasteiger partial charge is 0.392 e. The van der Waals surface area contributed by atoms with E-state index in [2.05, 4.69) is 0 Å². The van der Waals surface area contributed by atoms with Crippen LogP contribution in [-0.4, -0.2) is 34.0 Å². The van der Waals surface area contributed by atoms with Gasteiger partial charge in [0.1, 0.15) is 0 Å². The Balaban J connectivity index is 1.76. The number of carbonyl (C=O) groups excluding carboxylic acids is 2. The van der Waals surface area contributed by atoms with Crippen molar-refractivity contribution < 1.29 is 14.7 Å². The minimum atomic E-state index is -0.404. The zero-order valence-corrected chi connectivity index (χ0v) is 12.5. The Bertz CT molecular complexity index is 417. The molecular formula is C16H25NO3. The molecule has 2 unspecified atom stereocenters. The summed E-state index contributed by atoms with van der Waals surface area (Å²) in [5.74, 6) is -0.0127. The Morgan fingerprint density at radius 2 is 1.60 bits per heavy atom. The van der Waals surface area contributed by atoms with Crippen molar-refractivity contribution in [3.05, 3.63) is 0 Å².